The molecule has 0 aliphatic carbocycles. The van der Waals surface area contributed by atoms with Gasteiger partial charge in [0.2, 0.25) is 0 Å². The lowest BCUT2D eigenvalue weighted by molar-refractivity contribution is -0.0591. The summed E-state index contributed by atoms with van der Waals surface area (Å²) in [6, 6.07) is 0. The number of allylic oxidation sites excluding steroid dienone is 1. The van der Waals surface area contributed by atoms with Crippen molar-refractivity contribution in [2.75, 3.05) is 31.1 Å². The Kier molecular flexibility index (Phi) is 7.01. The second-order valence-corrected chi connectivity index (χ2v) is 8.37. The highest BCUT2D eigenvalue weighted by Crippen LogP contribution is 2.42. The summed E-state index contributed by atoms with van der Waals surface area (Å²) in [7, 11) is 0. The third-order valence-electron chi connectivity index (χ3n) is 4.88. The van der Waals surface area contributed by atoms with E-state index in [2.05, 4.69) is 21.7 Å². The SMILES string of the molecule is CC#C/C(=C\N=C(/C)C(F)(F)F)CCCN1CCC2(CC1)C[S+]([O-])C2. The van der Waals surface area contributed by atoms with Gasteiger partial charge >= 0.3 is 6.18 Å². The van der Waals surface area contributed by atoms with Crippen LogP contribution in [0, 0.1) is 17.3 Å². The lowest BCUT2D eigenvalue weighted by atomic mass is 9.81. The lowest BCUT2D eigenvalue weighted by Crippen LogP contribution is -2.54. The van der Waals surface area contributed by atoms with Crippen molar-refractivity contribution in [1.82, 2.24) is 4.90 Å². The Morgan fingerprint density at radius 1 is 1.32 bits per heavy atom. The number of rotatable bonds is 5. The van der Waals surface area contributed by atoms with Crippen LogP contribution >= 0.6 is 0 Å². The van der Waals surface area contributed by atoms with E-state index in [4.69, 9.17) is 0 Å². The number of aliphatic imine (C=N–C) groups is 1. The highest BCUT2D eigenvalue weighted by Gasteiger charge is 2.49. The van der Waals surface area contributed by atoms with Gasteiger partial charge in [-0.25, -0.2) is 0 Å². The molecule has 0 saturated carbocycles. The summed E-state index contributed by atoms with van der Waals surface area (Å²) in [4.78, 5) is 5.89. The number of piperidine rings is 1. The second kappa shape index (κ2) is 8.61. The quantitative estimate of drug-likeness (QED) is 0.419. The van der Waals surface area contributed by atoms with Crippen molar-refractivity contribution in [1.29, 1.82) is 0 Å². The molecule has 3 nitrogen and oxygen atoms in total. The van der Waals surface area contributed by atoms with Crippen LogP contribution in [0.2, 0.25) is 0 Å². The summed E-state index contributed by atoms with van der Waals surface area (Å²) in [6.07, 6.45) is 0.530. The molecule has 2 saturated heterocycles. The number of hydrogen-bond acceptors (Lipinski definition) is 3. The molecule has 0 aromatic carbocycles. The predicted molar refractivity (Wildman–Crippen MR) is 95.9 cm³/mol. The normalized spacial score (nSPS) is 22.5. The van der Waals surface area contributed by atoms with Gasteiger partial charge in [-0.05, 0) is 59.2 Å². The van der Waals surface area contributed by atoms with E-state index in [1.165, 1.54) is 6.20 Å². The van der Waals surface area contributed by atoms with Gasteiger partial charge in [0.05, 0.1) is 5.41 Å². The molecule has 1 spiro atoms. The van der Waals surface area contributed by atoms with Crippen molar-refractivity contribution in [2.24, 2.45) is 10.4 Å². The smallest absolute Gasteiger partial charge is 0.429 e. The average molecular weight is 374 g/mol. The molecular weight excluding hydrogens is 349 g/mol. The fraction of sp³-hybridized carbons (Fsp3) is 0.722. The first-order valence-corrected chi connectivity index (χ1v) is 10.0. The number of halogens is 3. The highest BCUT2D eigenvalue weighted by molar-refractivity contribution is 7.92. The standard InChI is InChI=1S/C18H25F3N2OS/c1-3-5-16(12-22-15(2)18(19,20)21)6-4-9-23-10-7-17(8-11-23)13-25(24)14-17/h12H,4,6-11,13-14H2,1-2H3/b16-12+,22-15+. The number of alkyl halides is 3. The van der Waals surface area contributed by atoms with Crippen molar-refractivity contribution in [3.8, 4) is 11.8 Å². The monoisotopic (exact) mass is 374 g/mol. The van der Waals surface area contributed by atoms with Gasteiger partial charge in [-0.15, -0.1) is 5.92 Å². The molecule has 140 valence electrons. The summed E-state index contributed by atoms with van der Waals surface area (Å²) in [5.74, 6) is 7.30. The molecule has 7 heteroatoms. The first kappa shape index (κ1) is 20.3. The molecule has 2 rings (SSSR count). The van der Waals surface area contributed by atoms with Gasteiger partial charge in [-0.2, -0.15) is 13.2 Å². The number of nitrogens with zero attached hydrogens (tertiary/aromatic N) is 2. The highest BCUT2D eigenvalue weighted by atomic mass is 32.2. The molecule has 25 heavy (non-hydrogen) atoms. The van der Waals surface area contributed by atoms with Gasteiger partial charge < -0.3 is 9.45 Å². The zero-order valence-corrected chi connectivity index (χ0v) is 15.6. The third-order valence-corrected chi connectivity index (χ3v) is 6.75. The molecule has 0 unspecified atom stereocenters. The molecule has 0 atom stereocenters. The van der Waals surface area contributed by atoms with E-state index in [0.717, 1.165) is 57.3 Å². The summed E-state index contributed by atoms with van der Waals surface area (Å²) in [6.45, 7) is 5.57. The van der Waals surface area contributed by atoms with Gasteiger partial charge in [0, 0.05) is 11.8 Å². The van der Waals surface area contributed by atoms with E-state index in [0.29, 0.717) is 17.4 Å². The van der Waals surface area contributed by atoms with E-state index >= 15 is 0 Å². The van der Waals surface area contributed by atoms with Crippen LogP contribution in [0.4, 0.5) is 13.2 Å². The first-order valence-electron chi connectivity index (χ1n) is 8.55. The Hall–Kier alpha value is -0.970. The van der Waals surface area contributed by atoms with E-state index in [-0.39, 0.29) is 0 Å². The Balaban J connectivity index is 1.77. The van der Waals surface area contributed by atoms with Crippen LogP contribution in [0.15, 0.2) is 16.8 Å². The molecule has 0 radical (unpaired) electrons. The van der Waals surface area contributed by atoms with Crippen molar-refractivity contribution in [2.45, 2.75) is 45.7 Å². The molecule has 2 aliphatic rings. The zero-order chi connectivity index (χ0) is 18.5. The van der Waals surface area contributed by atoms with Gasteiger partial charge in [0.1, 0.15) is 17.2 Å². The van der Waals surface area contributed by atoms with Crippen LogP contribution < -0.4 is 0 Å². The first-order chi connectivity index (χ1) is 11.7. The average Bonchev–Trinajstić information content (AvgIpc) is 2.52. The minimum Gasteiger partial charge on any atom is -0.616 e. The van der Waals surface area contributed by atoms with Crippen LogP contribution in [-0.2, 0) is 11.2 Å². The van der Waals surface area contributed by atoms with Crippen molar-refractivity contribution in [3.05, 3.63) is 11.8 Å². The Labute approximate surface area is 150 Å². The van der Waals surface area contributed by atoms with Crippen LogP contribution in [0.3, 0.4) is 0 Å². The summed E-state index contributed by atoms with van der Waals surface area (Å²) >= 11 is -0.601. The molecule has 2 heterocycles. The Morgan fingerprint density at radius 2 is 1.96 bits per heavy atom. The molecule has 0 amide bonds. The second-order valence-electron chi connectivity index (χ2n) is 6.92. The summed E-state index contributed by atoms with van der Waals surface area (Å²) in [5, 5.41) is 0. The largest absolute Gasteiger partial charge is 0.616 e. The van der Waals surface area contributed by atoms with Gasteiger partial charge in [-0.3, -0.25) is 4.99 Å². The van der Waals surface area contributed by atoms with Crippen LogP contribution in [0.25, 0.3) is 0 Å². The van der Waals surface area contributed by atoms with Crippen LogP contribution in [0.5, 0.6) is 0 Å². The minimum atomic E-state index is -4.39. The van der Waals surface area contributed by atoms with Gasteiger partial charge in [-0.1, -0.05) is 17.1 Å². The predicted octanol–water partition coefficient (Wildman–Crippen LogP) is 3.54. The van der Waals surface area contributed by atoms with Crippen molar-refractivity contribution < 1.29 is 17.7 Å². The maximum absolute atomic E-state index is 12.5. The number of likely N-dealkylation sites (tertiary alicyclic amines) is 1. The molecule has 0 aromatic rings. The van der Waals surface area contributed by atoms with E-state index in [1.54, 1.807) is 6.92 Å². The molecule has 0 aromatic heterocycles. The maximum Gasteiger partial charge on any atom is 0.429 e. The fourth-order valence-corrected chi connectivity index (χ4v) is 5.10. The van der Waals surface area contributed by atoms with E-state index in [1.807, 2.05) is 0 Å². The zero-order valence-electron chi connectivity index (χ0n) is 14.8. The number of hydrogen-bond donors (Lipinski definition) is 0. The molecule has 0 N–H and O–H groups in total. The van der Waals surface area contributed by atoms with E-state index < -0.39 is 23.1 Å². The summed E-state index contributed by atoms with van der Waals surface area (Å²) in [5.41, 5.74) is 0.0975. The van der Waals surface area contributed by atoms with Gasteiger partial charge in [0.25, 0.3) is 0 Å². The third kappa shape index (κ3) is 6.05. The Bertz CT molecular complexity index is 573. The fourth-order valence-electron chi connectivity index (χ4n) is 3.24. The van der Waals surface area contributed by atoms with Crippen molar-refractivity contribution >= 4 is 16.9 Å². The molecule has 2 aliphatic heterocycles. The maximum atomic E-state index is 12.5. The molecule has 0 bridgehead atoms. The van der Waals surface area contributed by atoms with Crippen LogP contribution in [0.1, 0.15) is 39.5 Å². The lowest BCUT2D eigenvalue weighted by Gasteiger charge is -2.47. The van der Waals surface area contributed by atoms with Crippen molar-refractivity contribution in [3.63, 3.8) is 0 Å². The van der Waals surface area contributed by atoms with E-state index in [9.17, 15) is 17.7 Å². The topological polar surface area (TPSA) is 38.7 Å². The Morgan fingerprint density at radius 3 is 2.48 bits per heavy atom. The summed E-state index contributed by atoms with van der Waals surface area (Å²) < 4.78 is 48.8. The minimum absolute atomic E-state index is 0.323. The molecule has 2 fully saturated rings. The molecular formula is C18H25F3N2OS. The van der Waals surface area contributed by atoms with Crippen LogP contribution in [-0.4, -0.2) is 52.5 Å². The van der Waals surface area contributed by atoms with Gasteiger partial charge in [0.15, 0.2) is 0 Å².